The molecule has 3 heterocycles. The molecule has 198 valence electrons. The van der Waals surface area contributed by atoms with Crippen LogP contribution in [0.5, 0.6) is 5.75 Å². The quantitative estimate of drug-likeness (QED) is 0.252. The van der Waals surface area contributed by atoms with Crippen LogP contribution in [0.4, 0.5) is 5.00 Å². The number of thioether (sulfide) groups is 1. The van der Waals surface area contributed by atoms with Crippen LogP contribution in [0.1, 0.15) is 39.3 Å². The van der Waals surface area contributed by atoms with E-state index in [1.54, 1.807) is 11.8 Å². The lowest BCUT2D eigenvalue weighted by Gasteiger charge is -2.13. The summed E-state index contributed by atoms with van der Waals surface area (Å²) in [5, 5.41) is 17.4. The SMILES string of the molecule is COC(=O)c1c(NC(=O)CSc2nnc(-c3cc(C)n(C)n3)n2-c2ccccc2OC)sc2c1CCCC2. The number of para-hydroxylation sites is 2. The first kappa shape index (κ1) is 26.0. The van der Waals surface area contributed by atoms with Crippen molar-refractivity contribution < 1.29 is 19.1 Å². The summed E-state index contributed by atoms with van der Waals surface area (Å²) >= 11 is 2.71. The molecule has 0 aliphatic heterocycles. The summed E-state index contributed by atoms with van der Waals surface area (Å²) in [6.07, 6.45) is 3.83. The predicted molar refractivity (Wildman–Crippen MR) is 147 cm³/mol. The van der Waals surface area contributed by atoms with E-state index in [0.717, 1.165) is 47.5 Å². The molecule has 4 aromatic rings. The monoisotopic (exact) mass is 552 g/mol. The normalized spacial score (nSPS) is 12.7. The van der Waals surface area contributed by atoms with E-state index >= 15 is 0 Å². The third kappa shape index (κ3) is 4.93. The molecule has 0 spiro atoms. The van der Waals surface area contributed by atoms with Gasteiger partial charge in [-0.05, 0) is 56.4 Å². The number of hydrogen-bond acceptors (Lipinski definition) is 9. The fourth-order valence-corrected chi connectivity index (χ4v) is 6.53. The van der Waals surface area contributed by atoms with Gasteiger partial charge in [0, 0.05) is 17.6 Å². The Balaban J connectivity index is 1.43. The van der Waals surface area contributed by atoms with Gasteiger partial charge in [0.05, 0.1) is 31.2 Å². The average Bonchev–Trinajstić information content (AvgIpc) is 3.61. The van der Waals surface area contributed by atoms with Gasteiger partial charge in [0.1, 0.15) is 16.4 Å². The van der Waals surface area contributed by atoms with E-state index < -0.39 is 5.97 Å². The van der Waals surface area contributed by atoms with Crippen molar-refractivity contribution in [3.05, 3.63) is 52.0 Å². The molecule has 1 N–H and O–H groups in total. The molecule has 10 nitrogen and oxygen atoms in total. The molecule has 1 aromatic carbocycles. The van der Waals surface area contributed by atoms with Crippen LogP contribution in [0, 0.1) is 6.92 Å². The van der Waals surface area contributed by atoms with Gasteiger partial charge in [0.2, 0.25) is 5.91 Å². The Kier molecular flexibility index (Phi) is 7.52. The van der Waals surface area contributed by atoms with E-state index in [-0.39, 0.29) is 11.7 Å². The van der Waals surface area contributed by atoms with Gasteiger partial charge in [-0.25, -0.2) is 4.79 Å². The van der Waals surface area contributed by atoms with Gasteiger partial charge in [-0.15, -0.1) is 21.5 Å². The van der Waals surface area contributed by atoms with Crippen molar-refractivity contribution in [2.75, 3.05) is 25.3 Å². The van der Waals surface area contributed by atoms with E-state index in [9.17, 15) is 9.59 Å². The second-order valence-corrected chi connectivity index (χ2v) is 10.9. The molecule has 38 heavy (non-hydrogen) atoms. The molecule has 5 rings (SSSR count). The molecular weight excluding hydrogens is 524 g/mol. The van der Waals surface area contributed by atoms with Crippen LogP contribution >= 0.6 is 23.1 Å². The number of benzene rings is 1. The van der Waals surface area contributed by atoms with E-state index in [0.29, 0.717) is 33.0 Å². The fraction of sp³-hybridized carbons (Fsp3) is 0.346. The molecule has 0 radical (unpaired) electrons. The Labute approximate surface area is 228 Å². The van der Waals surface area contributed by atoms with Crippen LogP contribution in [0.2, 0.25) is 0 Å². The van der Waals surface area contributed by atoms with Crippen LogP contribution in [0.15, 0.2) is 35.5 Å². The summed E-state index contributed by atoms with van der Waals surface area (Å²) in [6.45, 7) is 1.96. The number of nitrogens with zero attached hydrogens (tertiary/aromatic N) is 5. The summed E-state index contributed by atoms with van der Waals surface area (Å²) in [5.74, 6) is 0.582. The Bertz CT molecular complexity index is 1490. The van der Waals surface area contributed by atoms with Crippen molar-refractivity contribution in [1.82, 2.24) is 24.5 Å². The number of nitrogens with one attached hydrogen (secondary N) is 1. The summed E-state index contributed by atoms with van der Waals surface area (Å²) in [5.41, 5.74) is 3.85. The molecule has 3 aromatic heterocycles. The Hall–Kier alpha value is -3.64. The third-order valence-electron chi connectivity index (χ3n) is 6.45. The summed E-state index contributed by atoms with van der Waals surface area (Å²) in [7, 11) is 4.84. The maximum atomic E-state index is 13.1. The maximum Gasteiger partial charge on any atom is 0.341 e. The van der Waals surface area contributed by atoms with Crippen LogP contribution in [-0.2, 0) is 29.4 Å². The molecular formula is C26H28N6O4S2. The number of hydrogen-bond donors (Lipinski definition) is 1. The van der Waals surface area contributed by atoms with Crippen LogP contribution in [0.3, 0.4) is 0 Å². The maximum absolute atomic E-state index is 13.1. The van der Waals surface area contributed by atoms with Gasteiger partial charge in [-0.1, -0.05) is 23.9 Å². The van der Waals surface area contributed by atoms with Crippen molar-refractivity contribution in [1.29, 1.82) is 0 Å². The molecule has 0 saturated carbocycles. The van der Waals surface area contributed by atoms with Crippen molar-refractivity contribution in [2.45, 2.75) is 37.8 Å². The zero-order valence-corrected chi connectivity index (χ0v) is 23.2. The number of esters is 1. The summed E-state index contributed by atoms with van der Waals surface area (Å²) in [6, 6.07) is 9.49. The number of carbonyl (C=O) groups excluding carboxylic acids is 2. The smallest absolute Gasteiger partial charge is 0.341 e. The second-order valence-electron chi connectivity index (χ2n) is 8.85. The molecule has 1 aliphatic rings. The largest absolute Gasteiger partial charge is 0.495 e. The molecule has 1 aliphatic carbocycles. The molecule has 0 unspecified atom stereocenters. The molecule has 0 saturated heterocycles. The Morgan fingerprint density at radius 2 is 1.95 bits per heavy atom. The van der Waals surface area contributed by atoms with E-state index in [4.69, 9.17) is 9.47 Å². The molecule has 0 fully saturated rings. The Morgan fingerprint density at radius 3 is 2.68 bits per heavy atom. The topological polar surface area (TPSA) is 113 Å². The first-order chi connectivity index (χ1) is 18.4. The second kappa shape index (κ2) is 11.0. The predicted octanol–water partition coefficient (Wildman–Crippen LogP) is 4.44. The highest BCUT2D eigenvalue weighted by Crippen LogP contribution is 2.39. The van der Waals surface area contributed by atoms with Crippen LogP contribution in [-0.4, -0.2) is 56.4 Å². The lowest BCUT2D eigenvalue weighted by atomic mass is 9.95. The van der Waals surface area contributed by atoms with Crippen molar-refractivity contribution in [2.24, 2.45) is 7.05 Å². The number of aryl methyl sites for hydroxylation is 3. The lowest BCUT2D eigenvalue weighted by Crippen LogP contribution is -2.17. The van der Waals surface area contributed by atoms with Gasteiger partial charge < -0.3 is 14.8 Å². The molecule has 1 amide bonds. The summed E-state index contributed by atoms with van der Waals surface area (Å²) < 4.78 is 14.2. The number of methoxy groups -OCH3 is 2. The van der Waals surface area contributed by atoms with E-state index in [1.165, 1.54) is 30.2 Å². The average molecular weight is 553 g/mol. The van der Waals surface area contributed by atoms with Crippen LogP contribution < -0.4 is 10.1 Å². The number of amides is 1. The number of ether oxygens (including phenoxy) is 2. The number of anilines is 1. The van der Waals surface area contributed by atoms with Gasteiger partial charge >= 0.3 is 5.97 Å². The van der Waals surface area contributed by atoms with Gasteiger partial charge in [-0.3, -0.25) is 14.0 Å². The van der Waals surface area contributed by atoms with Crippen molar-refractivity contribution >= 4 is 40.0 Å². The molecule has 12 heteroatoms. The molecule has 0 atom stereocenters. The fourth-order valence-electron chi connectivity index (χ4n) is 4.50. The first-order valence-corrected chi connectivity index (χ1v) is 14.0. The van der Waals surface area contributed by atoms with Gasteiger partial charge in [0.25, 0.3) is 0 Å². The first-order valence-electron chi connectivity index (χ1n) is 12.2. The minimum Gasteiger partial charge on any atom is -0.495 e. The number of thiophene rings is 1. The minimum atomic E-state index is -0.418. The van der Waals surface area contributed by atoms with Crippen molar-refractivity contribution in [3.63, 3.8) is 0 Å². The minimum absolute atomic E-state index is 0.0672. The van der Waals surface area contributed by atoms with E-state index in [1.807, 2.05) is 48.9 Å². The Morgan fingerprint density at radius 1 is 1.16 bits per heavy atom. The highest BCUT2D eigenvalue weighted by Gasteiger charge is 2.27. The zero-order valence-electron chi connectivity index (χ0n) is 21.6. The number of aromatic nitrogens is 5. The number of carbonyl (C=O) groups is 2. The van der Waals surface area contributed by atoms with Gasteiger partial charge in [-0.2, -0.15) is 5.10 Å². The highest BCUT2D eigenvalue weighted by molar-refractivity contribution is 7.99. The zero-order chi connectivity index (χ0) is 26.8. The molecule has 0 bridgehead atoms. The van der Waals surface area contributed by atoms with Crippen molar-refractivity contribution in [3.8, 4) is 23.0 Å². The van der Waals surface area contributed by atoms with E-state index in [2.05, 4.69) is 20.6 Å². The highest BCUT2D eigenvalue weighted by atomic mass is 32.2. The summed E-state index contributed by atoms with van der Waals surface area (Å²) in [4.78, 5) is 26.8. The third-order valence-corrected chi connectivity index (χ3v) is 8.58. The lowest BCUT2D eigenvalue weighted by molar-refractivity contribution is -0.113. The van der Waals surface area contributed by atoms with Gasteiger partial charge in [0.15, 0.2) is 11.0 Å². The number of rotatable bonds is 8. The van der Waals surface area contributed by atoms with Crippen LogP contribution in [0.25, 0.3) is 17.2 Å². The standard InChI is InChI=1S/C26H28N6O4S2/c1-15-13-17(30-31(15)2)23-28-29-26(32(23)18-10-6-7-11-19(18)35-3)37-14-21(33)27-24-22(25(34)36-4)16-9-5-8-12-20(16)38-24/h6-7,10-11,13H,5,8-9,12,14H2,1-4H3,(H,27,33). The number of fused-ring (bicyclic) bond motifs is 1.